The van der Waals surface area contributed by atoms with E-state index in [0.717, 1.165) is 12.1 Å². The van der Waals surface area contributed by atoms with Crippen molar-refractivity contribution < 1.29 is 27.5 Å². The first kappa shape index (κ1) is 14.9. The average Bonchev–Trinajstić information content (AvgIpc) is 2.28. The van der Waals surface area contributed by atoms with Crippen LogP contribution in [-0.2, 0) is 19.7 Å². The smallest absolute Gasteiger partial charge is 0.295 e. The molecule has 0 fully saturated rings. The van der Waals surface area contributed by atoms with Gasteiger partial charge in [0.1, 0.15) is 0 Å². The molecule has 0 heterocycles. The van der Waals surface area contributed by atoms with E-state index in [0.29, 0.717) is 0 Å². The zero-order chi connectivity index (χ0) is 13.5. The number of carbonyl (C=O) groups excluding carboxylic acids is 2. The summed E-state index contributed by atoms with van der Waals surface area (Å²) in [5.41, 5.74) is -0.634. The summed E-state index contributed by atoms with van der Waals surface area (Å²) < 4.78 is 29.8. The molecule has 0 saturated heterocycles. The molecule has 0 aliphatic heterocycles. The summed E-state index contributed by atoms with van der Waals surface area (Å²) >= 11 is 0. The van der Waals surface area contributed by atoms with Crippen molar-refractivity contribution in [1.29, 1.82) is 0 Å². The van der Waals surface area contributed by atoms with E-state index in [2.05, 4.69) is 0 Å². The molecule has 0 aromatic heterocycles. The lowest BCUT2D eigenvalue weighted by molar-refractivity contribution is -0.387. The third-order valence-corrected chi connectivity index (χ3v) is 2.30. The van der Waals surface area contributed by atoms with Gasteiger partial charge in [-0.3, -0.25) is 24.3 Å². The van der Waals surface area contributed by atoms with Gasteiger partial charge in [0, 0.05) is 6.07 Å². The van der Waals surface area contributed by atoms with Gasteiger partial charge in [0.05, 0.1) is 4.92 Å². The fourth-order valence-electron chi connectivity index (χ4n) is 0.826. The predicted molar refractivity (Wildman–Crippen MR) is 55.0 cm³/mol. The first-order valence-electron chi connectivity index (χ1n) is 3.94. The Hall–Kier alpha value is -2.13. The third kappa shape index (κ3) is 4.95. The van der Waals surface area contributed by atoms with Crippen molar-refractivity contribution in [3.63, 3.8) is 0 Å². The highest BCUT2D eigenvalue weighted by Crippen LogP contribution is 2.21. The van der Waals surface area contributed by atoms with Gasteiger partial charge in [-0.15, -0.1) is 0 Å². The molecular weight excluding hydrogens is 254 g/mol. The van der Waals surface area contributed by atoms with Crippen molar-refractivity contribution in [3.05, 3.63) is 34.4 Å². The van der Waals surface area contributed by atoms with Gasteiger partial charge in [-0.2, -0.15) is 8.42 Å². The van der Waals surface area contributed by atoms with Crippen LogP contribution in [0, 0.1) is 10.1 Å². The molecule has 17 heavy (non-hydrogen) atoms. The maximum atomic E-state index is 10.6. The second-order valence-electron chi connectivity index (χ2n) is 2.47. The van der Waals surface area contributed by atoms with Crippen molar-refractivity contribution in [1.82, 2.24) is 0 Å². The molecule has 0 radical (unpaired) electrons. The minimum absolute atomic E-state index is 0.194. The molecule has 0 unspecified atom stereocenters. The number of hydrogen-bond acceptors (Lipinski definition) is 6. The van der Waals surface area contributed by atoms with E-state index in [4.69, 9.17) is 14.1 Å². The Morgan fingerprint density at radius 3 is 1.94 bits per heavy atom. The van der Waals surface area contributed by atoms with Crippen LogP contribution >= 0.6 is 0 Å². The van der Waals surface area contributed by atoms with Crippen molar-refractivity contribution in [2.45, 2.75) is 4.90 Å². The van der Waals surface area contributed by atoms with Crippen LogP contribution in [0.4, 0.5) is 5.69 Å². The summed E-state index contributed by atoms with van der Waals surface area (Å²) in [7, 11) is -4.52. The molecule has 9 heteroatoms. The Morgan fingerprint density at radius 2 is 1.65 bits per heavy atom. The fraction of sp³-hybridized carbons (Fsp3) is 0. The summed E-state index contributed by atoms with van der Waals surface area (Å²) in [5.74, 6) is 0. The number of hydrogen-bond donors (Lipinski definition) is 1. The lowest BCUT2D eigenvalue weighted by Crippen LogP contribution is -2.02. The minimum atomic E-state index is -4.52. The van der Waals surface area contributed by atoms with Gasteiger partial charge < -0.3 is 0 Å². The van der Waals surface area contributed by atoms with E-state index in [9.17, 15) is 18.5 Å². The number of aldehydes is 2. The number of nitro benzene ring substituents is 1. The highest BCUT2D eigenvalue weighted by molar-refractivity contribution is 7.86. The van der Waals surface area contributed by atoms with Crippen LogP contribution < -0.4 is 0 Å². The number of rotatable bonds is 3. The third-order valence-electron chi connectivity index (χ3n) is 1.40. The van der Waals surface area contributed by atoms with Crippen LogP contribution in [0.1, 0.15) is 0 Å². The van der Waals surface area contributed by atoms with Crippen LogP contribution in [-0.4, -0.2) is 30.5 Å². The lowest BCUT2D eigenvalue weighted by Gasteiger charge is -1.97. The zero-order valence-corrected chi connectivity index (χ0v) is 9.03. The van der Waals surface area contributed by atoms with E-state index in [1.54, 1.807) is 0 Å². The normalized spacial score (nSPS) is 9.71. The Kier molecular flexibility index (Phi) is 5.64. The number of para-hydroxylation sites is 1. The van der Waals surface area contributed by atoms with E-state index in [-0.39, 0.29) is 12.6 Å². The SMILES string of the molecule is O=CC=O.O=[N+]([O-])c1ccccc1S(=O)(=O)O. The topological polar surface area (TPSA) is 132 Å². The van der Waals surface area contributed by atoms with Gasteiger partial charge in [0.25, 0.3) is 5.69 Å². The Morgan fingerprint density at radius 1 is 1.18 bits per heavy atom. The maximum Gasteiger partial charge on any atom is 0.301 e. The van der Waals surface area contributed by atoms with Gasteiger partial charge >= 0.3 is 10.1 Å². The van der Waals surface area contributed by atoms with Crippen LogP contribution in [0.3, 0.4) is 0 Å². The molecule has 0 aliphatic carbocycles. The molecule has 0 amide bonds. The van der Waals surface area contributed by atoms with Crippen molar-refractivity contribution in [2.24, 2.45) is 0 Å². The van der Waals surface area contributed by atoms with Crippen molar-refractivity contribution >= 4 is 28.4 Å². The Bertz CT molecular complexity index is 516. The number of nitro groups is 1. The summed E-state index contributed by atoms with van der Waals surface area (Å²) in [4.78, 5) is 26.3. The summed E-state index contributed by atoms with van der Waals surface area (Å²) in [6.45, 7) is 0. The molecule has 92 valence electrons. The van der Waals surface area contributed by atoms with E-state index >= 15 is 0 Å². The highest BCUT2D eigenvalue weighted by atomic mass is 32.2. The minimum Gasteiger partial charge on any atom is -0.295 e. The van der Waals surface area contributed by atoms with Crippen molar-refractivity contribution in [2.75, 3.05) is 0 Å². The molecule has 0 bridgehead atoms. The molecule has 8 nitrogen and oxygen atoms in total. The summed E-state index contributed by atoms with van der Waals surface area (Å²) in [6, 6.07) is 4.57. The predicted octanol–water partition coefficient (Wildman–Crippen LogP) is 0.226. The standard InChI is InChI=1S/C6H5NO5S.C2H2O2/c8-7(9)5-3-1-2-4-6(5)13(10,11)12;3-1-2-4/h1-4H,(H,10,11,12);1-2H. The van der Waals surface area contributed by atoms with Crippen LogP contribution in [0.5, 0.6) is 0 Å². The fourth-order valence-corrected chi connectivity index (χ4v) is 1.48. The molecule has 0 spiro atoms. The molecule has 0 atom stereocenters. The quantitative estimate of drug-likeness (QED) is 0.270. The van der Waals surface area contributed by atoms with Gasteiger partial charge in [-0.05, 0) is 6.07 Å². The van der Waals surface area contributed by atoms with E-state index < -0.39 is 25.6 Å². The summed E-state index contributed by atoms with van der Waals surface area (Å²) in [5, 5.41) is 10.3. The van der Waals surface area contributed by atoms with E-state index in [1.165, 1.54) is 12.1 Å². The van der Waals surface area contributed by atoms with Crippen LogP contribution in [0.25, 0.3) is 0 Å². The molecule has 1 aromatic carbocycles. The van der Waals surface area contributed by atoms with Gasteiger partial charge in [-0.25, -0.2) is 0 Å². The van der Waals surface area contributed by atoms with Gasteiger partial charge in [0.15, 0.2) is 17.5 Å². The number of nitrogens with zero attached hydrogens (tertiary/aromatic N) is 1. The molecular formula is C8H7NO7S. The van der Waals surface area contributed by atoms with Gasteiger partial charge in [-0.1, -0.05) is 12.1 Å². The molecule has 1 N–H and O–H groups in total. The second-order valence-corrected chi connectivity index (χ2v) is 3.86. The maximum absolute atomic E-state index is 10.6. The van der Waals surface area contributed by atoms with Crippen molar-refractivity contribution in [3.8, 4) is 0 Å². The number of carbonyl (C=O) groups is 2. The largest absolute Gasteiger partial charge is 0.301 e. The van der Waals surface area contributed by atoms with Gasteiger partial charge in [0.2, 0.25) is 0 Å². The second kappa shape index (κ2) is 6.45. The first-order chi connectivity index (χ1) is 7.84. The molecule has 1 aromatic rings. The Labute approximate surface area is 95.8 Å². The van der Waals surface area contributed by atoms with Crippen LogP contribution in [0.15, 0.2) is 29.2 Å². The lowest BCUT2D eigenvalue weighted by atomic mass is 10.3. The monoisotopic (exact) mass is 261 g/mol. The van der Waals surface area contributed by atoms with Crippen LogP contribution in [0.2, 0.25) is 0 Å². The Balaban J connectivity index is 0.000000557. The van der Waals surface area contributed by atoms with E-state index in [1.807, 2.05) is 0 Å². The first-order valence-corrected chi connectivity index (χ1v) is 5.38. The molecule has 0 saturated carbocycles. The zero-order valence-electron chi connectivity index (χ0n) is 8.22. The summed E-state index contributed by atoms with van der Waals surface area (Å²) in [6.07, 6.45) is 0.389. The molecule has 1 rings (SSSR count). The number of benzene rings is 1. The average molecular weight is 261 g/mol. The molecule has 0 aliphatic rings. The highest BCUT2D eigenvalue weighted by Gasteiger charge is 2.22.